The number of carbonyl (C=O) groups is 1. The van der Waals surface area contributed by atoms with Crippen molar-refractivity contribution in [3.63, 3.8) is 0 Å². The Morgan fingerprint density at radius 3 is 2.62 bits per heavy atom. The lowest BCUT2D eigenvalue weighted by Gasteiger charge is -2.28. The van der Waals surface area contributed by atoms with Crippen LogP contribution in [0.4, 0.5) is 0 Å². The number of rotatable bonds is 5. The summed E-state index contributed by atoms with van der Waals surface area (Å²) < 4.78 is 5.21. The zero-order valence-corrected chi connectivity index (χ0v) is 14.3. The number of thioether (sulfide) groups is 1. The van der Waals surface area contributed by atoms with E-state index in [1.54, 1.807) is 6.92 Å². The van der Waals surface area contributed by atoms with E-state index in [1.807, 2.05) is 42.7 Å². The highest BCUT2D eigenvalue weighted by atomic mass is 32.2. The Bertz CT molecular complexity index is 770. The summed E-state index contributed by atoms with van der Waals surface area (Å²) in [5.41, 5.74) is 2.42. The number of hydrogen-bond donors (Lipinski definition) is 1. The fraction of sp³-hybridized carbons (Fsp3) is 0.278. The van der Waals surface area contributed by atoms with Gasteiger partial charge in [-0.2, -0.15) is 10.5 Å². The van der Waals surface area contributed by atoms with Crippen molar-refractivity contribution >= 4 is 17.7 Å². The van der Waals surface area contributed by atoms with Crippen LogP contribution in [-0.4, -0.2) is 18.8 Å². The third kappa shape index (κ3) is 3.61. The van der Waals surface area contributed by atoms with Crippen molar-refractivity contribution in [2.75, 3.05) is 12.9 Å². The van der Waals surface area contributed by atoms with Gasteiger partial charge in [-0.25, -0.2) is 4.79 Å². The van der Waals surface area contributed by atoms with Crippen LogP contribution in [0.5, 0.6) is 0 Å². The van der Waals surface area contributed by atoms with E-state index >= 15 is 0 Å². The number of nitriles is 2. The fourth-order valence-electron chi connectivity index (χ4n) is 2.59. The second-order valence-corrected chi connectivity index (χ2v) is 5.93. The average Bonchev–Trinajstić information content (AvgIpc) is 2.61. The van der Waals surface area contributed by atoms with Crippen LogP contribution in [-0.2, 0) is 9.53 Å². The van der Waals surface area contributed by atoms with Gasteiger partial charge >= 0.3 is 5.97 Å². The molecule has 24 heavy (non-hydrogen) atoms. The molecule has 1 aliphatic rings. The van der Waals surface area contributed by atoms with Crippen LogP contribution in [0.3, 0.4) is 0 Å². The number of dihydropyridines is 1. The normalized spacial score (nSPS) is 16.9. The molecule has 0 saturated carbocycles. The third-order valence-electron chi connectivity index (χ3n) is 3.65. The molecule has 0 bridgehead atoms. The molecule has 0 fully saturated rings. The van der Waals surface area contributed by atoms with Crippen molar-refractivity contribution in [1.82, 2.24) is 5.32 Å². The summed E-state index contributed by atoms with van der Waals surface area (Å²) in [5, 5.41) is 22.1. The van der Waals surface area contributed by atoms with Crippen LogP contribution in [0.2, 0.25) is 0 Å². The van der Waals surface area contributed by atoms with Gasteiger partial charge in [-0.3, -0.25) is 0 Å². The Morgan fingerprint density at radius 1 is 1.33 bits per heavy atom. The van der Waals surface area contributed by atoms with E-state index in [9.17, 15) is 10.1 Å². The van der Waals surface area contributed by atoms with Crippen molar-refractivity contribution < 1.29 is 9.53 Å². The van der Waals surface area contributed by atoms with Gasteiger partial charge in [-0.15, -0.1) is 11.8 Å². The molecule has 1 aromatic rings. The molecular formula is C18H17N3O2S. The fourth-order valence-corrected chi connectivity index (χ4v) is 3.23. The van der Waals surface area contributed by atoms with Gasteiger partial charge in [-0.05, 0) is 18.7 Å². The molecule has 6 heteroatoms. The standard InChI is InChI=1S/C18H17N3O2S/c1-12-15(18(22)23-10-6-9-19)16(13-7-4-3-5-8-13)14(11-20)17(21-12)24-2/h3-5,7-8,16,21H,6,10H2,1-2H3/t16-/m0/s1. The Labute approximate surface area is 145 Å². The van der Waals surface area contributed by atoms with Crippen molar-refractivity contribution in [2.45, 2.75) is 19.3 Å². The van der Waals surface area contributed by atoms with Gasteiger partial charge in [0.1, 0.15) is 6.61 Å². The zero-order valence-electron chi connectivity index (χ0n) is 13.5. The van der Waals surface area contributed by atoms with Crippen LogP contribution in [0, 0.1) is 22.7 Å². The predicted octanol–water partition coefficient (Wildman–Crippen LogP) is 3.20. The lowest BCUT2D eigenvalue weighted by atomic mass is 9.82. The number of hydrogen-bond acceptors (Lipinski definition) is 6. The van der Waals surface area contributed by atoms with Gasteiger partial charge in [0.05, 0.1) is 40.7 Å². The van der Waals surface area contributed by atoms with Crippen molar-refractivity contribution in [3.05, 3.63) is 57.8 Å². The summed E-state index contributed by atoms with van der Waals surface area (Å²) in [6, 6.07) is 13.6. The van der Waals surface area contributed by atoms with Crippen LogP contribution in [0.15, 0.2) is 52.2 Å². The monoisotopic (exact) mass is 339 g/mol. The highest BCUT2D eigenvalue weighted by Gasteiger charge is 2.35. The van der Waals surface area contributed by atoms with Crippen LogP contribution in [0.25, 0.3) is 0 Å². The molecule has 0 aliphatic carbocycles. The first-order chi connectivity index (χ1) is 11.6. The summed E-state index contributed by atoms with van der Waals surface area (Å²) in [7, 11) is 0. The maximum Gasteiger partial charge on any atom is 0.336 e. The predicted molar refractivity (Wildman–Crippen MR) is 92.4 cm³/mol. The molecule has 1 heterocycles. The number of nitrogens with zero attached hydrogens (tertiary/aromatic N) is 2. The topological polar surface area (TPSA) is 85.9 Å². The third-order valence-corrected chi connectivity index (χ3v) is 4.38. The zero-order chi connectivity index (χ0) is 17.5. The van der Waals surface area contributed by atoms with E-state index in [-0.39, 0.29) is 13.0 Å². The molecule has 0 aromatic heterocycles. The molecule has 1 atom stereocenters. The molecule has 1 aliphatic heterocycles. The SMILES string of the molecule is CSC1=C(C#N)[C@H](c2ccccc2)C(C(=O)OCCC#N)=C(C)N1. The molecule has 5 nitrogen and oxygen atoms in total. The van der Waals surface area contributed by atoms with Gasteiger partial charge < -0.3 is 10.1 Å². The maximum absolute atomic E-state index is 12.6. The molecule has 0 unspecified atom stereocenters. The van der Waals surface area contributed by atoms with Crippen LogP contribution in [0.1, 0.15) is 24.8 Å². The number of ether oxygens (including phenoxy) is 1. The summed E-state index contributed by atoms with van der Waals surface area (Å²) in [5.74, 6) is -0.980. The minimum atomic E-state index is -0.503. The van der Waals surface area contributed by atoms with Gasteiger partial charge in [-0.1, -0.05) is 30.3 Å². The molecule has 0 saturated heterocycles. The first-order valence-electron chi connectivity index (χ1n) is 7.39. The average molecular weight is 339 g/mol. The first kappa shape index (κ1) is 17.7. The molecular weight excluding hydrogens is 322 g/mol. The number of benzene rings is 1. The van der Waals surface area contributed by atoms with E-state index in [0.29, 0.717) is 16.8 Å². The van der Waals surface area contributed by atoms with Crippen LogP contribution >= 0.6 is 11.8 Å². The van der Waals surface area contributed by atoms with E-state index in [0.717, 1.165) is 10.6 Å². The lowest BCUT2D eigenvalue weighted by molar-refractivity contribution is -0.139. The second kappa shape index (κ2) is 8.24. The maximum atomic E-state index is 12.6. The van der Waals surface area contributed by atoms with Crippen LogP contribution < -0.4 is 5.32 Å². The van der Waals surface area contributed by atoms with Crippen molar-refractivity contribution in [2.24, 2.45) is 0 Å². The highest BCUT2D eigenvalue weighted by Crippen LogP contribution is 2.40. The minimum absolute atomic E-state index is 0.0363. The summed E-state index contributed by atoms with van der Waals surface area (Å²) in [4.78, 5) is 12.6. The van der Waals surface area contributed by atoms with Crippen molar-refractivity contribution in [3.8, 4) is 12.1 Å². The van der Waals surface area contributed by atoms with Gasteiger partial charge in [0.15, 0.2) is 0 Å². The van der Waals surface area contributed by atoms with Gasteiger partial charge in [0, 0.05) is 5.70 Å². The quantitative estimate of drug-likeness (QED) is 0.655. The van der Waals surface area contributed by atoms with E-state index in [4.69, 9.17) is 10.00 Å². The Hall–Kier alpha value is -2.70. The lowest BCUT2D eigenvalue weighted by Crippen LogP contribution is -2.28. The number of carbonyl (C=O) groups excluding carboxylic acids is 1. The second-order valence-electron chi connectivity index (χ2n) is 5.11. The molecule has 0 spiro atoms. The minimum Gasteiger partial charge on any atom is -0.461 e. The summed E-state index contributed by atoms with van der Waals surface area (Å²) in [6.45, 7) is 1.83. The summed E-state index contributed by atoms with van der Waals surface area (Å²) >= 11 is 1.43. The van der Waals surface area contributed by atoms with Gasteiger partial charge in [0.25, 0.3) is 0 Å². The van der Waals surface area contributed by atoms with E-state index < -0.39 is 11.9 Å². The number of nitrogens with one attached hydrogen (secondary N) is 1. The van der Waals surface area contributed by atoms with Crippen molar-refractivity contribution in [1.29, 1.82) is 10.5 Å². The van der Waals surface area contributed by atoms with E-state index in [1.165, 1.54) is 11.8 Å². The molecule has 0 amide bonds. The van der Waals surface area contributed by atoms with Gasteiger partial charge in [0.2, 0.25) is 0 Å². The largest absolute Gasteiger partial charge is 0.461 e. The molecule has 0 radical (unpaired) electrons. The Morgan fingerprint density at radius 2 is 2.04 bits per heavy atom. The Balaban J connectivity index is 2.49. The molecule has 2 rings (SSSR count). The van der Waals surface area contributed by atoms with E-state index in [2.05, 4.69) is 11.4 Å². The smallest absolute Gasteiger partial charge is 0.336 e. The molecule has 122 valence electrons. The summed E-state index contributed by atoms with van der Waals surface area (Å²) in [6.07, 6.45) is 2.02. The highest BCUT2D eigenvalue weighted by molar-refractivity contribution is 8.02. The Kier molecular flexibility index (Phi) is 6.06. The molecule has 1 aromatic carbocycles. The molecule has 1 N–H and O–H groups in total. The number of esters is 1. The number of allylic oxidation sites excluding steroid dienone is 2. The first-order valence-corrected chi connectivity index (χ1v) is 8.61.